The number of hydrazine groups is 1. The van der Waals surface area contributed by atoms with Crippen LogP contribution in [0.3, 0.4) is 0 Å². The largest absolute Gasteiger partial charge is 0.506 e. The van der Waals surface area contributed by atoms with Gasteiger partial charge in [-0.05, 0) is 12.1 Å². The lowest BCUT2D eigenvalue weighted by atomic mass is 10.1. The highest BCUT2D eigenvalue weighted by Crippen LogP contribution is 2.31. The summed E-state index contributed by atoms with van der Waals surface area (Å²) in [6.07, 6.45) is -0.0669. The van der Waals surface area contributed by atoms with Crippen LogP contribution in [-0.2, 0) is 11.2 Å². The Kier molecular flexibility index (Phi) is 3.57. The van der Waals surface area contributed by atoms with Crippen LogP contribution in [0.4, 0.5) is 0 Å². The fraction of sp³-hybridized carbons (Fsp3) is 0.125. The van der Waals surface area contributed by atoms with Gasteiger partial charge in [0.1, 0.15) is 5.75 Å². The summed E-state index contributed by atoms with van der Waals surface area (Å²) in [5.41, 5.74) is 2.28. The number of rotatable bonds is 2. The van der Waals surface area contributed by atoms with E-state index in [0.717, 1.165) is 0 Å². The molecule has 1 amide bonds. The van der Waals surface area contributed by atoms with Crippen molar-refractivity contribution >= 4 is 29.1 Å². The van der Waals surface area contributed by atoms with Crippen LogP contribution in [0, 0.1) is 0 Å². The molecule has 0 saturated heterocycles. The van der Waals surface area contributed by atoms with Gasteiger partial charge < -0.3 is 5.11 Å². The summed E-state index contributed by atoms with van der Waals surface area (Å²) in [4.78, 5) is 10.9. The number of carbonyl (C=O) groups excluding carboxylic acids is 1. The van der Waals surface area contributed by atoms with Crippen LogP contribution in [0.2, 0.25) is 10.0 Å². The van der Waals surface area contributed by atoms with E-state index in [9.17, 15) is 9.90 Å². The van der Waals surface area contributed by atoms with Gasteiger partial charge in [-0.1, -0.05) is 23.2 Å². The smallest absolute Gasteiger partial charge is 0.238 e. The highest BCUT2D eigenvalue weighted by atomic mass is 35.5. The molecule has 0 heterocycles. The predicted molar refractivity (Wildman–Crippen MR) is 54.2 cm³/mol. The van der Waals surface area contributed by atoms with Crippen molar-refractivity contribution in [2.45, 2.75) is 6.42 Å². The average Bonchev–Trinajstić information content (AvgIpc) is 2.13. The minimum absolute atomic E-state index is 0.0669. The fourth-order valence-corrected chi connectivity index (χ4v) is 1.51. The van der Waals surface area contributed by atoms with Gasteiger partial charge >= 0.3 is 0 Å². The molecule has 4 N–H and O–H groups in total. The van der Waals surface area contributed by atoms with Gasteiger partial charge in [-0.2, -0.15) is 0 Å². The molecule has 0 aliphatic carbocycles. The molecule has 0 radical (unpaired) electrons. The SMILES string of the molecule is NNC(=O)Cc1cc(Cl)cc(Cl)c1O. The molecule has 0 saturated carbocycles. The molecule has 0 unspecified atom stereocenters. The van der Waals surface area contributed by atoms with E-state index in [0.29, 0.717) is 10.6 Å². The average molecular weight is 235 g/mol. The number of nitrogens with two attached hydrogens (primary N) is 1. The number of hydrogen-bond donors (Lipinski definition) is 3. The van der Waals surface area contributed by atoms with Gasteiger partial charge in [-0.3, -0.25) is 10.2 Å². The lowest BCUT2D eigenvalue weighted by molar-refractivity contribution is -0.120. The number of aromatic hydroxyl groups is 1. The molecule has 1 aromatic carbocycles. The summed E-state index contributed by atoms with van der Waals surface area (Å²) >= 11 is 11.3. The van der Waals surface area contributed by atoms with E-state index in [1.54, 1.807) is 0 Å². The molecule has 4 nitrogen and oxygen atoms in total. The predicted octanol–water partition coefficient (Wildman–Crippen LogP) is 1.23. The second-order valence-corrected chi connectivity index (χ2v) is 3.48. The van der Waals surface area contributed by atoms with E-state index in [4.69, 9.17) is 29.0 Å². The van der Waals surface area contributed by atoms with Gasteiger partial charge in [-0.15, -0.1) is 0 Å². The van der Waals surface area contributed by atoms with Gasteiger partial charge in [-0.25, -0.2) is 5.84 Å². The molecule has 0 fully saturated rings. The Morgan fingerprint density at radius 1 is 1.50 bits per heavy atom. The lowest BCUT2D eigenvalue weighted by Gasteiger charge is -2.05. The van der Waals surface area contributed by atoms with Crippen molar-refractivity contribution in [3.63, 3.8) is 0 Å². The molecule has 0 spiro atoms. The van der Waals surface area contributed by atoms with Crippen molar-refractivity contribution in [1.29, 1.82) is 0 Å². The van der Waals surface area contributed by atoms with Gasteiger partial charge in [0.2, 0.25) is 5.91 Å². The van der Waals surface area contributed by atoms with Crippen LogP contribution in [-0.4, -0.2) is 11.0 Å². The second-order valence-electron chi connectivity index (χ2n) is 2.64. The summed E-state index contributed by atoms with van der Waals surface area (Å²) in [5, 5.41) is 9.92. The van der Waals surface area contributed by atoms with Gasteiger partial charge in [0, 0.05) is 10.6 Å². The number of halogens is 2. The highest BCUT2D eigenvalue weighted by molar-refractivity contribution is 6.35. The third kappa shape index (κ3) is 2.51. The number of benzene rings is 1. The Bertz CT molecular complexity index is 369. The minimum Gasteiger partial charge on any atom is -0.506 e. The zero-order valence-corrected chi connectivity index (χ0v) is 8.56. The van der Waals surface area contributed by atoms with Crippen molar-refractivity contribution < 1.29 is 9.90 Å². The quantitative estimate of drug-likeness (QED) is 0.410. The summed E-state index contributed by atoms with van der Waals surface area (Å²) < 4.78 is 0. The lowest BCUT2D eigenvalue weighted by Crippen LogP contribution is -2.31. The van der Waals surface area contributed by atoms with Crippen LogP contribution in [0.1, 0.15) is 5.56 Å². The van der Waals surface area contributed by atoms with Crippen molar-refractivity contribution in [3.8, 4) is 5.75 Å². The van der Waals surface area contributed by atoms with Crippen molar-refractivity contribution in [3.05, 3.63) is 27.7 Å². The summed E-state index contributed by atoms with van der Waals surface area (Å²) in [5.74, 6) is 4.31. The highest BCUT2D eigenvalue weighted by Gasteiger charge is 2.10. The van der Waals surface area contributed by atoms with Crippen molar-refractivity contribution in [1.82, 2.24) is 5.43 Å². The zero-order valence-electron chi connectivity index (χ0n) is 7.05. The van der Waals surface area contributed by atoms with E-state index < -0.39 is 5.91 Å². The Hall–Kier alpha value is -0.970. The molecule has 1 rings (SSSR count). The standard InChI is InChI=1S/C8H8Cl2N2O2/c9-5-1-4(2-7(13)12-11)8(14)6(10)3-5/h1,3,14H,2,11H2,(H,12,13). The molecule has 0 aliphatic heterocycles. The first-order chi connectivity index (χ1) is 6.54. The molecular weight excluding hydrogens is 227 g/mol. The Balaban J connectivity index is 3.02. The van der Waals surface area contributed by atoms with Crippen LogP contribution < -0.4 is 11.3 Å². The molecule has 6 heteroatoms. The van der Waals surface area contributed by atoms with Crippen LogP contribution in [0.15, 0.2) is 12.1 Å². The first-order valence-corrected chi connectivity index (χ1v) is 4.46. The maximum absolute atomic E-state index is 10.9. The van der Waals surface area contributed by atoms with Crippen LogP contribution in [0.25, 0.3) is 0 Å². The maximum atomic E-state index is 10.9. The summed E-state index contributed by atoms with van der Waals surface area (Å²) in [6.45, 7) is 0. The zero-order chi connectivity index (χ0) is 10.7. The first kappa shape index (κ1) is 11.1. The Labute approximate surface area is 90.6 Å². The van der Waals surface area contributed by atoms with Crippen LogP contribution in [0.5, 0.6) is 5.75 Å². The second kappa shape index (κ2) is 4.50. The van der Waals surface area contributed by atoms with Gasteiger partial charge in [0.15, 0.2) is 0 Å². The maximum Gasteiger partial charge on any atom is 0.238 e. The van der Waals surface area contributed by atoms with Crippen molar-refractivity contribution in [2.75, 3.05) is 0 Å². The molecule has 76 valence electrons. The van der Waals surface area contributed by atoms with Gasteiger partial charge in [0.25, 0.3) is 0 Å². The Morgan fingerprint density at radius 2 is 2.14 bits per heavy atom. The van der Waals surface area contributed by atoms with E-state index in [1.807, 2.05) is 5.43 Å². The number of phenolic OH excluding ortho intramolecular Hbond substituents is 1. The molecule has 0 aliphatic rings. The fourth-order valence-electron chi connectivity index (χ4n) is 0.978. The van der Waals surface area contributed by atoms with E-state index >= 15 is 0 Å². The molecule has 14 heavy (non-hydrogen) atoms. The first-order valence-electron chi connectivity index (χ1n) is 3.71. The third-order valence-corrected chi connectivity index (χ3v) is 2.13. The van der Waals surface area contributed by atoms with E-state index in [1.165, 1.54) is 12.1 Å². The normalized spacial score (nSPS) is 9.93. The summed E-state index contributed by atoms with van der Waals surface area (Å²) in [7, 11) is 0. The minimum atomic E-state index is -0.432. The molecule has 0 aromatic heterocycles. The van der Waals surface area contributed by atoms with Gasteiger partial charge in [0.05, 0.1) is 11.4 Å². The molecular formula is C8H8Cl2N2O2. The molecule has 1 aromatic rings. The van der Waals surface area contributed by atoms with Crippen LogP contribution >= 0.6 is 23.2 Å². The van der Waals surface area contributed by atoms with Crippen molar-refractivity contribution in [2.24, 2.45) is 5.84 Å². The number of hydrogen-bond acceptors (Lipinski definition) is 3. The molecule has 0 bridgehead atoms. The number of amides is 1. The topological polar surface area (TPSA) is 75.3 Å². The molecule has 0 atom stereocenters. The monoisotopic (exact) mass is 234 g/mol. The number of nitrogens with one attached hydrogen (secondary N) is 1. The number of phenols is 1. The number of carbonyl (C=O) groups is 1. The van der Waals surface area contributed by atoms with E-state index in [-0.39, 0.29) is 17.2 Å². The Morgan fingerprint density at radius 3 is 2.71 bits per heavy atom. The van der Waals surface area contributed by atoms with E-state index in [2.05, 4.69) is 0 Å². The third-order valence-electron chi connectivity index (χ3n) is 1.62. The summed E-state index contributed by atoms with van der Waals surface area (Å²) in [6, 6.07) is 2.85.